The molecule has 0 unspecified atom stereocenters. The number of hydrogen-bond acceptors (Lipinski definition) is 0. The summed E-state index contributed by atoms with van der Waals surface area (Å²) in [6, 6.07) is 6.04. The number of H-pyrrole nitrogens is 1. The zero-order valence-corrected chi connectivity index (χ0v) is 10.0. The van der Waals surface area contributed by atoms with E-state index in [0.29, 0.717) is 5.92 Å². The first kappa shape index (κ1) is 10.8. The number of benzene rings is 1. The van der Waals surface area contributed by atoms with Crippen molar-refractivity contribution in [3.8, 4) is 0 Å². The highest BCUT2D eigenvalue weighted by Crippen LogP contribution is 2.36. The van der Waals surface area contributed by atoms with Gasteiger partial charge in [0.05, 0.1) is 0 Å². The highest BCUT2D eigenvalue weighted by atomic mass is 16.3. The average molecular weight is 228 g/mol. The van der Waals surface area contributed by atoms with E-state index in [1.54, 1.807) is 0 Å². The van der Waals surface area contributed by atoms with Gasteiger partial charge in [-0.1, -0.05) is 25.3 Å². The molecule has 2 nitrogen and oxygen atoms in total. The molecular weight excluding hydrogens is 210 g/mol. The summed E-state index contributed by atoms with van der Waals surface area (Å²) < 4.78 is 0. The molecule has 0 aliphatic heterocycles. The largest absolute Gasteiger partial charge is 0.361 e. The van der Waals surface area contributed by atoms with Crippen molar-refractivity contribution in [3.05, 3.63) is 35.5 Å². The van der Waals surface area contributed by atoms with Crippen LogP contribution in [0.2, 0.25) is 0 Å². The lowest BCUT2D eigenvalue weighted by molar-refractivity contribution is 0.177. The van der Waals surface area contributed by atoms with Gasteiger partial charge in [0.2, 0.25) is 0 Å². The molecule has 1 fully saturated rings. The lowest BCUT2D eigenvalue weighted by atomic mass is 9.84. The Morgan fingerprint density at radius 1 is 1.18 bits per heavy atom. The maximum atomic E-state index is 11.0. The van der Waals surface area contributed by atoms with E-state index in [-0.39, 0.29) is 6.61 Å². The number of rotatable bonds is 2. The molecule has 0 atom stereocenters. The van der Waals surface area contributed by atoms with Crippen LogP contribution in [0.25, 0.3) is 10.9 Å². The van der Waals surface area contributed by atoms with E-state index in [9.17, 15) is 5.11 Å². The van der Waals surface area contributed by atoms with Gasteiger partial charge in [0.25, 0.3) is 0 Å². The molecule has 1 aromatic carbocycles. The molecule has 1 aliphatic rings. The molecule has 1 saturated carbocycles. The Morgan fingerprint density at radius 2 is 2.00 bits per heavy atom. The van der Waals surface area contributed by atoms with Gasteiger partial charge in [-0.25, -0.2) is 5.11 Å². The molecule has 3 rings (SSSR count). The molecule has 17 heavy (non-hydrogen) atoms. The van der Waals surface area contributed by atoms with Crippen molar-refractivity contribution in [1.82, 2.24) is 4.98 Å². The van der Waals surface area contributed by atoms with Gasteiger partial charge < -0.3 is 4.98 Å². The fourth-order valence-corrected chi connectivity index (χ4v) is 3.03. The van der Waals surface area contributed by atoms with E-state index in [2.05, 4.69) is 17.2 Å². The number of fused-ring (bicyclic) bond motifs is 1. The average Bonchev–Trinajstić information content (AvgIpc) is 2.82. The number of aromatic nitrogens is 1. The topological polar surface area (TPSA) is 35.7 Å². The van der Waals surface area contributed by atoms with Crippen molar-refractivity contribution in [2.24, 2.45) is 0 Å². The SMILES string of the molecule is [O]Cc1ccc2[nH]cc(C3CCCCC3)c2c1. The number of hydrogen-bond donors (Lipinski definition) is 1. The summed E-state index contributed by atoms with van der Waals surface area (Å²) in [5.74, 6) is 0.694. The van der Waals surface area contributed by atoms with Crippen molar-refractivity contribution < 1.29 is 5.11 Å². The highest BCUT2D eigenvalue weighted by molar-refractivity contribution is 5.84. The van der Waals surface area contributed by atoms with Crippen LogP contribution in [0.3, 0.4) is 0 Å². The van der Waals surface area contributed by atoms with Gasteiger partial charge in [-0.2, -0.15) is 0 Å². The van der Waals surface area contributed by atoms with Crippen molar-refractivity contribution >= 4 is 10.9 Å². The van der Waals surface area contributed by atoms with Crippen LogP contribution in [0.4, 0.5) is 0 Å². The summed E-state index contributed by atoms with van der Waals surface area (Å²) in [6.45, 7) is -0.120. The normalized spacial score (nSPS) is 17.7. The van der Waals surface area contributed by atoms with Crippen LogP contribution in [0.15, 0.2) is 24.4 Å². The lowest BCUT2D eigenvalue weighted by Gasteiger charge is -2.21. The maximum Gasteiger partial charge on any atom is 0.107 e. The first-order chi connectivity index (χ1) is 8.38. The summed E-state index contributed by atoms with van der Waals surface area (Å²) in [5, 5.41) is 12.2. The zero-order chi connectivity index (χ0) is 11.7. The molecule has 2 heteroatoms. The molecule has 1 N–H and O–H groups in total. The predicted molar refractivity (Wildman–Crippen MR) is 68.5 cm³/mol. The number of aromatic amines is 1. The van der Waals surface area contributed by atoms with Crippen molar-refractivity contribution in [1.29, 1.82) is 0 Å². The van der Waals surface area contributed by atoms with Crippen LogP contribution in [0.1, 0.15) is 49.1 Å². The first-order valence-corrected chi connectivity index (χ1v) is 6.56. The van der Waals surface area contributed by atoms with Crippen LogP contribution < -0.4 is 0 Å². The molecule has 1 aliphatic carbocycles. The summed E-state index contributed by atoms with van der Waals surface area (Å²) in [7, 11) is 0. The molecule has 1 aromatic heterocycles. The Kier molecular flexibility index (Phi) is 2.89. The lowest BCUT2D eigenvalue weighted by Crippen LogP contribution is -2.03. The summed E-state index contributed by atoms with van der Waals surface area (Å²) in [6.07, 6.45) is 8.82. The van der Waals surface area contributed by atoms with Gasteiger partial charge in [0.1, 0.15) is 6.61 Å². The molecule has 0 bridgehead atoms. The Labute approximate surface area is 102 Å². The standard InChI is InChI=1S/C15H18NO/c17-10-11-6-7-15-13(8-11)14(9-16-15)12-4-2-1-3-5-12/h6-9,12,16H,1-5,10H2. The third-order valence-electron chi connectivity index (χ3n) is 3.99. The summed E-state index contributed by atoms with van der Waals surface area (Å²) in [4.78, 5) is 3.33. The monoisotopic (exact) mass is 228 g/mol. The molecule has 89 valence electrons. The van der Waals surface area contributed by atoms with E-state index >= 15 is 0 Å². The van der Waals surface area contributed by atoms with Gasteiger partial charge in [0, 0.05) is 17.1 Å². The van der Waals surface area contributed by atoms with Gasteiger partial charge in [-0.15, -0.1) is 0 Å². The molecule has 1 radical (unpaired) electrons. The van der Waals surface area contributed by atoms with Crippen LogP contribution in [0.5, 0.6) is 0 Å². The minimum absolute atomic E-state index is 0.120. The second kappa shape index (κ2) is 4.53. The van der Waals surface area contributed by atoms with Crippen LogP contribution in [-0.2, 0) is 11.7 Å². The van der Waals surface area contributed by atoms with E-state index in [0.717, 1.165) is 5.56 Å². The maximum absolute atomic E-state index is 11.0. The first-order valence-electron chi connectivity index (χ1n) is 6.56. The molecule has 0 amide bonds. The van der Waals surface area contributed by atoms with Crippen LogP contribution in [0, 0.1) is 0 Å². The zero-order valence-electron chi connectivity index (χ0n) is 10.0. The van der Waals surface area contributed by atoms with Gasteiger partial charge >= 0.3 is 0 Å². The minimum atomic E-state index is -0.120. The van der Waals surface area contributed by atoms with Gasteiger partial charge in [-0.3, -0.25) is 0 Å². The van der Waals surface area contributed by atoms with E-state index in [4.69, 9.17) is 0 Å². The number of nitrogens with one attached hydrogen (secondary N) is 1. The molecular formula is C15H18NO. The predicted octanol–water partition coefficient (Wildman–Crippen LogP) is 4.15. The van der Waals surface area contributed by atoms with Gasteiger partial charge in [0.15, 0.2) is 0 Å². The van der Waals surface area contributed by atoms with Crippen molar-refractivity contribution in [2.45, 2.75) is 44.6 Å². The van der Waals surface area contributed by atoms with Crippen molar-refractivity contribution in [2.75, 3.05) is 0 Å². The van der Waals surface area contributed by atoms with Crippen LogP contribution >= 0.6 is 0 Å². The molecule has 0 saturated heterocycles. The van der Waals surface area contributed by atoms with E-state index in [1.165, 1.54) is 48.6 Å². The molecule has 0 spiro atoms. The third-order valence-corrected chi connectivity index (χ3v) is 3.99. The quantitative estimate of drug-likeness (QED) is 0.801. The highest BCUT2D eigenvalue weighted by Gasteiger charge is 2.18. The van der Waals surface area contributed by atoms with Crippen molar-refractivity contribution in [3.63, 3.8) is 0 Å². The molecule has 1 heterocycles. The summed E-state index contributed by atoms with van der Waals surface area (Å²) >= 11 is 0. The second-order valence-electron chi connectivity index (χ2n) is 5.10. The molecule has 2 aromatic rings. The third kappa shape index (κ3) is 1.98. The Bertz CT molecular complexity index is 509. The minimum Gasteiger partial charge on any atom is -0.361 e. The summed E-state index contributed by atoms with van der Waals surface area (Å²) in [5.41, 5.74) is 3.49. The van der Waals surface area contributed by atoms with E-state index < -0.39 is 0 Å². The Morgan fingerprint density at radius 3 is 2.76 bits per heavy atom. The fourth-order valence-electron chi connectivity index (χ4n) is 3.03. The van der Waals surface area contributed by atoms with Crippen LogP contribution in [-0.4, -0.2) is 4.98 Å². The van der Waals surface area contributed by atoms with E-state index in [1.807, 2.05) is 12.1 Å². The van der Waals surface area contributed by atoms with Gasteiger partial charge in [-0.05, 0) is 42.0 Å². The Balaban J connectivity index is 2.02. The Hall–Kier alpha value is -1.28. The smallest absolute Gasteiger partial charge is 0.107 e. The fraction of sp³-hybridized carbons (Fsp3) is 0.467. The second-order valence-corrected chi connectivity index (χ2v) is 5.10.